The van der Waals surface area contributed by atoms with Crippen LogP contribution in [0.2, 0.25) is 0 Å². The van der Waals surface area contributed by atoms with Crippen molar-refractivity contribution in [1.29, 1.82) is 0 Å². The molecule has 102 valence electrons. The number of aromatic nitrogens is 1. The van der Waals surface area contributed by atoms with Gasteiger partial charge in [0.25, 0.3) is 0 Å². The van der Waals surface area contributed by atoms with Crippen LogP contribution in [-0.4, -0.2) is 23.0 Å². The molecule has 0 atom stereocenters. The second-order valence-corrected chi connectivity index (χ2v) is 6.08. The maximum Gasteiger partial charge on any atom is 0.117 e. The van der Waals surface area contributed by atoms with Gasteiger partial charge in [-0.2, -0.15) is 0 Å². The molecule has 2 aromatic rings. The zero-order chi connectivity index (χ0) is 13.1. The summed E-state index contributed by atoms with van der Waals surface area (Å²) in [6, 6.07) is 4.67. The lowest BCUT2D eigenvalue weighted by Crippen LogP contribution is -2.18. The third-order valence-corrected chi connectivity index (χ3v) is 4.05. The quantitative estimate of drug-likeness (QED) is 0.844. The summed E-state index contributed by atoms with van der Waals surface area (Å²) in [5.41, 5.74) is 1.15. The summed E-state index contributed by atoms with van der Waals surface area (Å²) in [6.07, 6.45) is 4.36. The fraction of sp³-hybridized carbons (Fsp3) is 0.500. The Hall–Kier alpha value is -1.17. The zero-order valence-corrected chi connectivity index (χ0v) is 11.9. The normalized spacial score (nSPS) is 15.3. The van der Waals surface area contributed by atoms with E-state index < -0.39 is 0 Å². The second kappa shape index (κ2) is 5.86. The Kier molecular flexibility index (Phi) is 3.96. The summed E-state index contributed by atoms with van der Waals surface area (Å²) in [5.74, 6) is 0.994. The molecule has 5 heteroatoms. The Morgan fingerprint density at radius 1 is 1.47 bits per heavy atom. The van der Waals surface area contributed by atoms with Crippen molar-refractivity contribution in [3.05, 3.63) is 40.2 Å². The molecule has 1 aliphatic carbocycles. The van der Waals surface area contributed by atoms with Crippen molar-refractivity contribution in [3.8, 4) is 0 Å². The van der Waals surface area contributed by atoms with Crippen LogP contribution in [0.25, 0.3) is 0 Å². The molecule has 0 spiro atoms. The average molecular weight is 277 g/mol. The van der Waals surface area contributed by atoms with Crippen LogP contribution in [0, 0.1) is 0 Å². The number of rotatable bonds is 7. The van der Waals surface area contributed by atoms with Crippen molar-refractivity contribution in [1.82, 2.24) is 15.2 Å². The van der Waals surface area contributed by atoms with E-state index in [1.165, 1.54) is 17.8 Å². The van der Waals surface area contributed by atoms with Crippen LogP contribution in [0.4, 0.5) is 0 Å². The first-order chi connectivity index (χ1) is 9.29. The Morgan fingerprint density at radius 2 is 2.37 bits per heavy atom. The van der Waals surface area contributed by atoms with Gasteiger partial charge in [0, 0.05) is 24.5 Å². The topological polar surface area (TPSA) is 41.3 Å². The maximum absolute atomic E-state index is 5.35. The lowest BCUT2D eigenvalue weighted by Gasteiger charge is -2.13. The maximum atomic E-state index is 5.35. The van der Waals surface area contributed by atoms with Crippen LogP contribution in [-0.2, 0) is 19.6 Å². The molecule has 1 aliphatic rings. The Bertz CT molecular complexity index is 505. The summed E-state index contributed by atoms with van der Waals surface area (Å²) in [7, 11) is 2.09. The molecule has 3 rings (SSSR count). The second-order valence-electron chi connectivity index (χ2n) is 5.14. The first-order valence-corrected chi connectivity index (χ1v) is 7.55. The molecule has 4 nitrogen and oxygen atoms in total. The van der Waals surface area contributed by atoms with Gasteiger partial charge in [-0.25, -0.2) is 4.98 Å². The number of hydrogen-bond donors (Lipinski definition) is 1. The Balaban J connectivity index is 1.48. The predicted octanol–water partition coefficient (Wildman–Crippen LogP) is 2.62. The van der Waals surface area contributed by atoms with Crippen molar-refractivity contribution < 1.29 is 4.42 Å². The lowest BCUT2D eigenvalue weighted by atomic mass is 10.4. The average Bonchev–Trinajstić information content (AvgIpc) is 2.88. The molecular formula is C14H19N3OS. The van der Waals surface area contributed by atoms with Crippen LogP contribution in [0.15, 0.2) is 28.2 Å². The van der Waals surface area contributed by atoms with Gasteiger partial charge >= 0.3 is 0 Å². The van der Waals surface area contributed by atoms with Gasteiger partial charge in [-0.3, -0.25) is 4.90 Å². The molecule has 2 heterocycles. The van der Waals surface area contributed by atoms with E-state index in [1.54, 1.807) is 17.6 Å². The lowest BCUT2D eigenvalue weighted by molar-refractivity contribution is 0.285. The first kappa shape index (κ1) is 12.8. The minimum atomic E-state index is 0.744. The monoisotopic (exact) mass is 277 g/mol. The number of hydrogen-bond acceptors (Lipinski definition) is 5. The molecule has 1 saturated carbocycles. The van der Waals surface area contributed by atoms with Gasteiger partial charge in [0.1, 0.15) is 10.8 Å². The van der Waals surface area contributed by atoms with Gasteiger partial charge in [-0.05, 0) is 32.0 Å². The molecule has 0 bridgehead atoms. The molecule has 2 aromatic heterocycles. The Labute approximate surface area is 117 Å². The molecule has 0 amide bonds. The van der Waals surface area contributed by atoms with Gasteiger partial charge < -0.3 is 9.73 Å². The third kappa shape index (κ3) is 3.89. The summed E-state index contributed by atoms with van der Waals surface area (Å²) < 4.78 is 5.35. The molecule has 1 N–H and O–H groups in total. The van der Waals surface area contributed by atoms with Crippen molar-refractivity contribution >= 4 is 11.3 Å². The number of thiazole rings is 1. The molecule has 0 aliphatic heterocycles. The third-order valence-electron chi connectivity index (χ3n) is 3.16. The van der Waals surface area contributed by atoms with Crippen molar-refractivity contribution in [2.75, 3.05) is 7.05 Å². The van der Waals surface area contributed by atoms with Crippen LogP contribution >= 0.6 is 11.3 Å². The summed E-state index contributed by atoms with van der Waals surface area (Å²) >= 11 is 1.75. The van der Waals surface area contributed by atoms with E-state index in [2.05, 4.69) is 27.6 Å². The fourth-order valence-electron chi connectivity index (χ4n) is 2.02. The molecule has 19 heavy (non-hydrogen) atoms. The zero-order valence-electron chi connectivity index (χ0n) is 11.1. The van der Waals surface area contributed by atoms with Crippen molar-refractivity contribution in [3.63, 3.8) is 0 Å². The van der Waals surface area contributed by atoms with Crippen molar-refractivity contribution in [2.45, 2.75) is 38.5 Å². The molecular weight excluding hydrogens is 258 g/mol. The summed E-state index contributed by atoms with van der Waals surface area (Å²) in [4.78, 5) is 6.88. The van der Waals surface area contributed by atoms with Crippen LogP contribution in [0.5, 0.6) is 0 Å². The van der Waals surface area contributed by atoms with Crippen LogP contribution in [0.1, 0.15) is 29.3 Å². The molecule has 0 saturated heterocycles. The number of nitrogens with zero attached hydrogens (tertiary/aromatic N) is 2. The van der Waals surface area contributed by atoms with E-state index >= 15 is 0 Å². The minimum absolute atomic E-state index is 0.744. The van der Waals surface area contributed by atoms with Gasteiger partial charge in [0.2, 0.25) is 0 Å². The molecule has 1 fully saturated rings. The van der Waals surface area contributed by atoms with E-state index in [9.17, 15) is 0 Å². The largest absolute Gasteiger partial charge is 0.468 e. The highest BCUT2D eigenvalue weighted by molar-refractivity contribution is 7.09. The smallest absolute Gasteiger partial charge is 0.117 e. The van der Waals surface area contributed by atoms with E-state index in [-0.39, 0.29) is 0 Å². The van der Waals surface area contributed by atoms with E-state index in [0.29, 0.717) is 0 Å². The number of nitrogens with one attached hydrogen (secondary N) is 1. The Morgan fingerprint density at radius 3 is 3.11 bits per heavy atom. The predicted molar refractivity (Wildman–Crippen MR) is 75.9 cm³/mol. The SMILES string of the molecule is CN(Cc1csc(CNC2CC2)n1)Cc1ccco1. The van der Waals surface area contributed by atoms with E-state index in [0.717, 1.165) is 37.1 Å². The van der Waals surface area contributed by atoms with E-state index in [1.807, 2.05) is 12.1 Å². The first-order valence-electron chi connectivity index (χ1n) is 6.67. The standard InChI is InChI=1S/C14H19N3OS/c1-17(9-13-3-2-6-18-13)8-12-10-19-14(16-12)7-15-11-4-5-11/h2-3,6,10-11,15H,4-5,7-9H2,1H3. The van der Waals surface area contributed by atoms with Crippen LogP contribution in [0.3, 0.4) is 0 Å². The number of furan rings is 1. The van der Waals surface area contributed by atoms with Gasteiger partial charge in [-0.15, -0.1) is 11.3 Å². The van der Waals surface area contributed by atoms with Crippen LogP contribution < -0.4 is 5.32 Å². The summed E-state index contributed by atoms with van der Waals surface area (Å²) in [5, 5.41) is 6.84. The van der Waals surface area contributed by atoms with Crippen molar-refractivity contribution in [2.24, 2.45) is 0 Å². The van der Waals surface area contributed by atoms with Gasteiger partial charge in [-0.1, -0.05) is 0 Å². The highest BCUT2D eigenvalue weighted by Gasteiger charge is 2.20. The molecule has 0 aromatic carbocycles. The summed E-state index contributed by atoms with van der Waals surface area (Å²) in [6.45, 7) is 2.60. The van der Waals surface area contributed by atoms with E-state index in [4.69, 9.17) is 4.42 Å². The molecule has 0 unspecified atom stereocenters. The minimum Gasteiger partial charge on any atom is -0.468 e. The van der Waals surface area contributed by atoms with Gasteiger partial charge in [0.05, 0.1) is 18.5 Å². The highest BCUT2D eigenvalue weighted by Crippen LogP contribution is 2.20. The molecule has 0 radical (unpaired) electrons. The highest BCUT2D eigenvalue weighted by atomic mass is 32.1. The van der Waals surface area contributed by atoms with Gasteiger partial charge in [0.15, 0.2) is 0 Å². The fourth-order valence-corrected chi connectivity index (χ4v) is 2.76.